The molecule has 11 nitrogen and oxygen atoms in total. The van der Waals surface area contributed by atoms with Crippen LogP contribution in [0.4, 0.5) is 16.4 Å². The number of aromatic nitrogens is 4. The summed E-state index contributed by atoms with van der Waals surface area (Å²) in [5.41, 5.74) is 2.08. The van der Waals surface area contributed by atoms with Crippen molar-refractivity contribution in [2.75, 3.05) is 32.6 Å². The smallest absolute Gasteiger partial charge is 0.410 e. The molecule has 0 atom stereocenters. The first kappa shape index (κ1) is 28.9. The summed E-state index contributed by atoms with van der Waals surface area (Å²) in [5.74, 6) is 0.600. The minimum absolute atomic E-state index is 0.190. The van der Waals surface area contributed by atoms with Crippen LogP contribution in [0.25, 0.3) is 12.2 Å². The predicted molar refractivity (Wildman–Crippen MR) is 154 cm³/mol. The number of nitrogens with one attached hydrogen (secondary N) is 2. The lowest BCUT2D eigenvalue weighted by Crippen LogP contribution is -2.42. The number of hydrogen-bond acceptors (Lipinski definition) is 8. The van der Waals surface area contributed by atoms with Crippen LogP contribution in [-0.2, 0) is 4.74 Å². The number of methoxy groups -OCH3 is 1. The van der Waals surface area contributed by atoms with Crippen molar-refractivity contribution >= 4 is 47.4 Å². The predicted octanol–water partition coefficient (Wildman–Crippen LogP) is 5.18. The maximum atomic E-state index is 12.3. The molecule has 1 saturated heterocycles. The Labute approximate surface area is 238 Å². The number of likely N-dealkylation sites (tertiary alicyclic amines) is 1. The van der Waals surface area contributed by atoms with Crippen molar-refractivity contribution in [1.82, 2.24) is 30.0 Å². The van der Waals surface area contributed by atoms with Crippen LogP contribution < -0.4 is 15.4 Å². The molecule has 40 heavy (non-hydrogen) atoms. The number of hydrogen-bond donors (Lipinski definition) is 2. The molecule has 0 unspecified atom stereocenters. The Morgan fingerprint density at radius 1 is 1.10 bits per heavy atom. The molecule has 3 heterocycles. The number of piperidine rings is 1. The van der Waals surface area contributed by atoms with E-state index in [0.29, 0.717) is 40.9 Å². The molecule has 0 bridgehead atoms. The van der Waals surface area contributed by atoms with Crippen LogP contribution in [0, 0.1) is 0 Å². The fraction of sp³-hybridized carbons (Fsp3) is 0.393. The molecule has 12 heteroatoms. The Morgan fingerprint density at radius 3 is 2.42 bits per heavy atom. The molecular formula is C28H34ClN7O4. The van der Waals surface area contributed by atoms with Gasteiger partial charge in [-0.1, -0.05) is 23.8 Å². The third kappa shape index (κ3) is 7.29. The van der Waals surface area contributed by atoms with Crippen LogP contribution in [0.2, 0.25) is 5.02 Å². The first-order valence-electron chi connectivity index (χ1n) is 12.9. The van der Waals surface area contributed by atoms with Crippen LogP contribution in [0.5, 0.6) is 5.75 Å². The highest BCUT2D eigenvalue weighted by molar-refractivity contribution is 6.33. The van der Waals surface area contributed by atoms with E-state index < -0.39 is 5.60 Å². The molecule has 1 aromatic carbocycles. The molecule has 2 amide bonds. The average Bonchev–Trinajstić information content (AvgIpc) is 3.40. The standard InChI is InChI=1S/C28H34ClN7O4/c1-28(2,3)40-27(38)35-10-8-22(9-11-35)36-17-21(16-33-36)34-26-31-14-18(15-32-26)6-7-19-12-20(25(37)30-4)13-23(39-5)24(19)29/h6-7,12-17,22H,8-11H2,1-5H3,(H,30,37)(H,31,32,34). The molecule has 4 rings (SSSR count). The van der Waals surface area contributed by atoms with Crippen molar-refractivity contribution < 1.29 is 19.1 Å². The van der Waals surface area contributed by atoms with E-state index in [1.807, 2.05) is 31.6 Å². The number of halogens is 1. The summed E-state index contributed by atoms with van der Waals surface area (Å²) >= 11 is 6.43. The van der Waals surface area contributed by atoms with E-state index in [4.69, 9.17) is 21.1 Å². The van der Waals surface area contributed by atoms with Gasteiger partial charge in [-0.2, -0.15) is 5.10 Å². The SMILES string of the molecule is CNC(=O)c1cc(C=Cc2cnc(Nc3cnn(C4CCN(C(=O)OC(C)(C)C)CC4)c3)nc2)c(Cl)c(OC)c1. The number of rotatable bonds is 7. The zero-order valence-corrected chi connectivity index (χ0v) is 24.0. The minimum atomic E-state index is -0.505. The summed E-state index contributed by atoms with van der Waals surface area (Å²) in [7, 11) is 3.06. The van der Waals surface area contributed by atoms with Crippen molar-refractivity contribution in [2.24, 2.45) is 0 Å². The van der Waals surface area contributed by atoms with Gasteiger partial charge in [0.15, 0.2) is 0 Å². The maximum Gasteiger partial charge on any atom is 0.410 e. The fourth-order valence-electron chi connectivity index (χ4n) is 4.21. The van der Waals surface area contributed by atoms with Gasteiger partial charge < -0.3 is 25.0 Å². The Hall–Kier alpha value is -4.12. The van der Waals surface area contributed by atoms with Crippen molar-refractivity contribution in [3.05, 3.63) is 58.6 Å². The third-order valence-electron chi connectivity index (χ3n) is 6.25. The largest absolute Gasteiger partial charge is 0.495 e. The molecule has 0 saturated carbocycles. The zero-order chi connectivity index (χ0) is 28.9. The van der Waals surface area contributed by atoms with E-state index in [9.17, 15) is 9.59 Å². The summed E-state index contributed by atoms with van der Waals surface area (Å²) in [6.07, 6.45) is 11.9. The number of ether oxygens (including phenoxy) is 2. The second-order valence-corrected chi connectivity index (χ2v) is 10.7. The maximum absolute atomic E-state index is 12.3. The van der Waals surface area contributed by atoms with Crippen molar-refractivity contribution in [2.45, 2.75) is 45.3 Å². The van der Waals surface area contributed by atoms with Gasteiger partial charge in [-0.05, 0) is 51.3 Å². The Bertz CT molecular complexity index is 1370. The lowest BCUT2D eigenvalue weighted by molar-refractivity contribution is 0.0184. The highest BCUT2D eigenvalue weighted by Gasteiger charge is 2.28. The number of benzene rings is 1. The van der Waals surface area contributed by atoms with Gasteiger partial charge in [0, 0.05) is 49.9 Å². The van der Waals surface area contributed by atoms with Crippen LogP contribution in [0.15, 0.2) is 36.9 Å². The molecule has 0 spiro atoms. The fourth-order valence-corrected chi connectivity index (χ4v) is 4.46. The Kier molecular flexibility index (Phi) is 8.93. The van der Waals surface area contributed by atoms with Gasteiger partial charge >= 0.3 is 6.09 Å². The third-order valence-corrected chi connectivity index (χ3v) is 6.66. The number of anilines is 2. The van der Waals surface area contributed by atoms with Crippen LogP contribution in [0.1, 0.15) is 61.1 Å². The summed E-state index contributed by atoms with van der Waals surface area (Å²) in [4.78, 5) is 34.9. The van der Waals surface area contributed by atoms with E-state index in [-0.39, 0.29) is 18.0 Å². The van der Waals surface area contributed by atoms with E-state index in [1.165, 1.54) is 7.11 Å². The summed E-state index contributed by atoms with van der Waals surface area (Å²) < 4.78 is 12.7. The Morgan fingerprint density at radius 2 is 1.80 bits per heavy atom. The van der Waals surface area contributed by atoms with E-state index in [2.05, 4.69) is 25.7 Å². The molecular weight excluding hydrogens is 534 g/mol. The summed E-state index contributed by atoms with van der Waals surface area (Å²) in [6, 6.07) is 3.47. The topological polar surface area (TPSA) is 124 Å². The first-order chi connectivity index (χ1) is 19.1. The normalized spacial score (nSPS) is 14.3. The molecule has 0 aliphatic carbocycles. The molecule has 1 fully saturated rings. The van der Waals surface area contributed by atoms with E-state index in [1.54, 1.807) is 54.8 Å². The summed E-state index contributed by atoms with van der Waals surface area (Å²) in [6.45, 7) is 6.84. The van der Waals surface area contributed by atoms with Crippen molar-refractivity contribution in [3.8, 4) is 5.75 Å². The van der Waals surface area contributed by atoms with Crippen molar-refractivity contribution in [1.29, 1.82) is 0 Å². The highest BCUT2D eigenvalue weighted by Crippen LogP contribution is 2.31. The second kappa shape index (κ2) is 12.4. The number of nitrogens with zero attached hydrogens (tertiary/aromatic N) is 5. The minimum Gasteiger partial charge on any atom is -0.495 e. The molecule has 0 radical (unpaired) electrons. The molecule has 2 N–H and O–H groups in total. The van der Waals surface area contributed by atoms with Gasteiger partial charge in [0.2, 0.25) is 5.95 Å². The monoisotopic (exact) mass is 567 g/mol. The van der Waals surface area contributed by atoms with Gasteiger partial charge in [-0.15, -0.1) is 0 Å². The Balaban J connectivity index is 1.35. The molecule has 1 aliphatic heterocycles. The quantitative estimate of drug-likeness (QED) is 0.400. The van der Waals surface area contributed by atoms with Crippen molar-refractivity contribution in [3.63, 3.8) is 0 Å². The molecule has 3 aromatic rings. The lowest BCUT2D eigenvalue weighted by atomic mass is 10.1. The molecule has 2 aromatic heterocycles. The second-order valence-electron chi connectivity index (χ2n) is 10.4. The summed E-state index contributed by atoms with van der Waals surface area (Å²) in [5, 5.41) is 10.7. The van der Waals surface area contributed by atoms with E-state index in [0.717, 1.165) is 24.1 Å². The lowest BCUT2D eigenvalue weighted by Gasteiger charge is -2.33. The van der Waals surface area contributed by atoms with Gasteiger partial charge in [0.25, 0.3) is 5.91 Å². The van der Waals surface area contributed by atoms with Gasteiger partial charge in [0.05, 0.1) is 30.1 Å². The molecule has 1 aliphatic rings. The van der Waals surface area contributed by atoms with Crippen LogP contribution >= 0.6 is 11.6 Å². The first-order valence-corrected chi connectivity index (χ1v) is 13.3. The van der Waals surface area contributed by atoms with Crippen LogP contribution in [-0.4, -0.2) is 69.5 Å². The van der Waals surface area contributed by atoms with Gasteiger partial charge in [0.1, 0.15) is 11.4 Å². The number of carbonyl (C=O) groups excluding carboxylic acids is 2. The van der Waals surface area contributed by atoms with Gasteiger partial charge in [-0.25, -0.2) is 14.8 Å². The highest BCUT2D eigenvalue weighted by atomic mass is 35.5. The molecule has 212 valence electrons. The number of amides is 2. The van der Waals surface area contributed by atoms with E-state index >= 15 is 0 Å². The zero-order valence-electron chi connectivity index (χ0n) is 23.3. The van der Waals surface area contributed by atoms with Gasteiger partial charge in [-0.3, -0.25) is 9.48 Å². The average molecular weight is 568 g/mol. The number of carbonyl (C=O) groups is 2. The van der Waals surface area contributed by atoms with Crippen LogP contribution in [0.3, 0.4) is 0 Å².